The molecule has 1 N–H and O–H groups in total. The summed E-state index contributed by atoms with van der Waals surface area (Å²) in [5.74, 6) is 1.28. The Hall–Kier alpha value is -2.79. The molecule has 0 unspecified atom stereocenters. The third-order valence-electron chi connectivity index (χ3n) is 4.19. The Morgan fingerprint density at radius 3 is 2.62 bits per heavy atom. The van der Waals surface area contributed by atoms with Crippen molar-refractivity contribution in [2.24, 2.45) is 0 Å². The number of hydrogen-bond donors (Lipinski definition) is 1. The van der Waals surface area contributed by atoms with Crippen molar-refractivity contribution in [3.63, 3.8) is 0 Å². The Labute approximate surface area is 157 Å². The van der Waals surface area contributed by atoms with Crippen LogP contribution in [0.15, 0.2) is 48.5 Å². The molecule has 0 spiro atoms. The smallest absolute Gasteiger partial charge is 0.229 e. The van der Waals surface area contributed by atoms with Crippen LogP contribution >= 0.6 is 11.6 Å². The highest BCUT2D eigenvalue weighted by atomic mass is 35.5. The van der Waals surface area contributed by atoms with Crippen molar-refractivity contribution in [2.45, 2.75) is 20.3 Å². The van der Waals surface area contributed by atoms with Gasteiger partial charge >= 0.3 is 0 Å². The van der Waals surface area contributed by atoms with Gasteiger partial charge in [0.05, 0.1) is 24.9 Å². The molecule has 5 nitrogen and oxygen atoms in total. The minimum absolute atomic E-state index is 0.114. The minimum Gasteiger partial charge on any atom is -0.497 e. The summed E-state index contributed by atoms with van der Waals surface area (Å²) in [6, 6.07) is 14.8. The number of nitrogens with zero attached hydrogens (tertiary/aromatic N) is 2. The van der Waals surface area contributed by atoms with E-state index in [0.29, 0.717) is 10.8 Å². The average molecular weight is 370 g/mol. The molecule has 0 aliphatic heterocycles. The van der Waals surface area contributed by atoms with Crippen LogP contribution in [0.1, 0.15) is 16.8 Å². The Morgan fingerprint density at radius 1 is 1.19 bits per heavy atom. The number of methoxy groups -OCH3 is 1. The van der Waals surface area contributed by atoms with Gasteiger partial charge in [0.1, 0.15) is 11.6 Å². The molecule has 0 radical (unpaired) electrons. The molecule has 0 saturated heterocycles. The lowest BCUT2D eigenvalue weighted by Crippen LogP contribution is -2.17. The van der Waals surface area contributed by atoms with Crippen molar-refractivity contribution in [3.05, 3.63) is 70.4 Å². The van der Waals surface area contributed by atoms with Gasteiger partial charge in [-0.1, -0.05) is 23.7 Å². The molecule has 1 heterocycles. The number of carbonyl (C=O) groups is 1. The monoisotopic (exact) mass is 369 g/mol. The summed E-state index contributed by atoms with van der Waals surface area (Å²) >= 11 is 5.97. The maximum absolute atomic E-state index is 12.6. The zero-order valence-corrected chi connectivity index (χ0v) is 15.7. The maximum Gasteiger partial charge on any atom is 0.229 e. The number of aryl methyl sites for hydroxylation is 1. The van der Waals surface area contributed by atoms with E-state index in [1.165, 1.54) is 0 Å². The standard InChI is InChI=1S/C20H20ClN3O2/c1-13-14(2)23-24(17-9-7-16(21)8-10-17)20(13)22-19(25)12-15-5-4-6-18(11-15)26-3/h4-11H,12H2,1-3H3,(H,22,25). The Kier molecular flexibility index (Phi) is 5.28. The number of halogens is 1. The minimum atomic E-state index is -0.114. The van der Waals surface area contributed by atoms with Gasteiger partial charge < -0.3 is 10.1 Å². The normalized spacial score (nSPS) is 10.6. The van der Waals surface area contributed by atoms with E-state index < -0.39 is 0 Å². The molecule has 3 rings (SSSR count). The van der Waals surface area contributed by atoms with Gasteiger partial charge in [0.2, 0.25) is 5.91 Å². The highest BCUT2D eigenvalue weighted by Gasteiger charge is 2.16. The van der Waals surface area contributed by atoms with Gasteiger partial charge in [0.15, 0.2) is 0 Å². The Morgan fingerprint density at radius 2 is 1.92 bits per heavy atom. The van der Waals surface area contributed by atoms with E-state index in [0.717, 1.165) is 28.3 Å². The van der Waals surface area contributed by atoms with Crippen molar-refractivity contribution in [1.29, 1.82) is 0 Å². The van der Waals surface area contributed by atoms with E-state index >= 15 is 0 Å². The number of amides is 1. The number of anilines is 1. The average Bonchev–Trinajstić information content (AvgIpc) is 2.91. The van der Waals surface area contributed by atoms with Crippen LogP contribution in [0.2, 0.25) is 5.02 Å². The first-order chi connectivity index (χ1) is 12.5. The number of aromatic nitrogens is 2. The molecule has 1 aromatic heterocycles. The lowest BCUT2D eigenvalue weighted by Gasteiger charge is -2.11. The van der Waals surface area contributed by atoms with Crippen LogP contribution < -0.4 is 10.1 Å². The Bertz CT molecular complexity index is 933. The van der Waals surface area contributed by atoms with Crippen LogP contribution in [0.25, 0.3) is 5.69 Å². The number of hydrogen-bond acceptors (Lipinski definition) is 3. The number of carbonyl (C=O) groups excluding carboxylic acids is 1. The van der Waals surface area contributed by atoms with Crippen molar-refractivity contribution in [1.82, 2.24) is 9.78 Å². The van der Waals surface area contributed by atoms with Crippen LogP contribution in [0.3, 0.4) is 0 Å². The molecule has 2 aromatic carbocycles. The predicted octanol–water partition coefficient (Wildman–Crippen LogP) is 4.33. The third-order valence-corrected chi connectivity index (χ3v) is 4.44. The topological polar surface area (TPSA) is 56.1 Å². The Balaban J connectivity index is 1.84. The molecule has 0 bridgehead atoms. The summed E-state index contributed by atoms with van der Waals surface area (Å²) in [5, 5.41) is 8.17. The van der Waals surface area contributed by atoms with Gasteiger partial charge in [0, 0.05) is 10.6 Å². The summed E-state index contributed by atoms with van der Waals surface area (Å²) in [4.78, 5) is 12.6. The zero-order chi connectivity index (χ0) is 18.7. The molecule has 0 saturated carbocycles. The van der Waals surface area contributed by atoms with E-state index in [1.54, 1.807) is 23.9 Å². The van der Waals surface area contributed by atoms with Gasteiger partial charge in [-0.2, -0.15) is 5.10 Å². The summed E-state index contributed by atoms with van der Waals surface area (Å²) < 4.78 is 6.93. The van der Waals surface area contributed by atoms with E-state index in [9.17, 15) is 4.79 Å². The second-order valence-corrected chi connectivity index (χ2v) is 6.46. The fourth-order valence-corrected chi connectivity index (χ4v) is 2.79. The lowest BCUT2D eigenvalue weighted by atomic mass is 10.1. The van der Waals surface area contributed by atoms with E-state index in [4.69, 9.17) is 16.3 Å². The highest BCUT2D eigenvalue weighted by Crippen LogP contribution is 2.24. The maximum atomic E-state index is 12.6. The lowest BCUT2D eigenvalue weighted by molar-refractivity contribution is -0.115. The number of rotatable bonds is 5. The van der Waals surface area contributed by atoms with Gasteiger partial charge in [-0.25, -0.2) is 4.68 Å². The third kappa shape index (κ3) is 3.89. The van der Waals surface area contributed by atoms with Crippen LogP contribution in [0, 0.1) is 13.8 Å². The van der Waals surface area contributed by atoms with Crippen molar-refractivity contribution in [2.75, 3.05) is 12.4 Å². The van der Waals surface area contributed by atoms with E-state index in [2.05, 4.69) is 10.4 Å². The van der Waals surface area contributed by atoms with E-state index in [-0.39, 0.29) is 12.3 Å². The molecule has 134 valence electrons. The summed E-state index contributed by atoms with van der Waals surface area (Å²) in [7, 11) is 1.61. The molecule has 1 amide bonds. The molecule has 0 aliphatic carbocycles. The molecule has 0 aliphatic rings. The largest absolute Gasteiger partial charge is 0.497 e. The predicted molar refractivity (Wildman–Crippen MR) is 103 cm³/mol. The van der Waals surface area contributed by atoms with Crippen LogP contribution in [0.4, 0.5) is 5.82 Å². The molecule has 0 atom stereocenters. The van der Waals surface area contributed by atoms with Gasteiger partial charge in [-0.3, -0.25) is 4.79 Å². The SMILES string of the molecule is COc1cccc(CC(=O)Nc2c(C)c(C)nn2-c2ccc(Cl)cc2)c1. The highest BCUT2D eigenvalue weighted by molar-refractivity contribution is 6.30. The van der Waals surface area contributed by atoms with Gasteiger partial charge in [0.25, 0.3) is 0 Å². The second kappa shape index (κ2) is 7.62. The first-order valence-electron chi connectivity index (χ1n) is 8.23. The summed E-state index contributed by atoms with van der Waals surface area (Å²) in [6.07, 6.45) is 0.251. The fourth-order valence-electron chi connectivity index (χ4n) is 2.67. The van der Waals surface area contributed by atoms with E-state index in [1.807, 2.05) is 50.2 Å². The molecule has 6 heteroatoms. The molecule has 26 heavy (non-hydrogen) atoms. The first-order valence-corrected chi connectivity index (χ1v) is 8.60. The molecule has 0 fully saturated rings. The summed E-state index contributed by atoms with van der Waals surface area (Å²) in [6.45, 7) is 3.86. The van der Waals surface area contributed by atoms with Gasteiger partial charge in [-0.05, 0) is 55.8 Å². The van der Waals surface area contributed by atoms with Gasteiger partial charge in [-0.15, -0.1) is 0 Å². The number of benzene rings is 2. The van der Waals surface area contributed by atoms with Crippen LogP contribution in [-0.4, -0.2) is 22.8 Å². The first kappa shape index (κ1) is 18.0. The molecule has 3 aromatic rings. The van der Waals surface area contributed by atoms with Crippen LogP contribution in [-0.2, 0) is 11.2 Å². The number of nitrogens with one attached hydrogen (secondary N) is 1. The fraction of sp³-hybridized carbons (Fsp3) is 0.200. The van der Waals surface area contributed by atoms with Crippen molar-refractivity contribution in [3.8, 4) is 11.4 Å². The summed E-state index contributed by atoms with van der Waals surface area (Å²) in [5.41, 5.74) is 3.51. The second-order valence-electron chi connectivity index (χ2n) is 6.02. The molecular weight excluding hydrogens is 350 g/mol. The van der Waals surface area contributed by atoms with Crippen molar-refractivity contribution >= 4 is 23.3 Å². The quantitative estimate of drug-likeness (QED) is 0.728. The molecular formula is C20H20ClN3O2. The van der Waals surface area contributed by atoms with Crippen LogP contribution in [0.5, 0.6) is 5.75 Å². The number of ether oxygens (including phenoxy) is 1. The van der Waals surface area contributed by atoms with Crippen molar-refractivity contribution < 1.29 is 9.53 Å². The zero-order valence-electron chi connectivity index (χ0n) is 14.9.